The Morgan fingerprint density at radius 2 is 1.63 bits per heavy atom. The molecule has 0 aliphatic rings. The van der Waals surface area contributed by atoms with Gasteiger partial charge in [-0.15, -0.1) is 0 Å². The lowest BCUT2D eigenvalue weighted by Crippen LogP contribution is -2.07. The zero-order valence-corrected chi connectivity index (χ0v) is 15.8. The first-order valence-corrected chi connectivity index (χ1v) is 9.00. The van der Waals surface area contributed by atoms with Crippen LogP contribution >= 0.6 is 15.9 Å². The van der Waals surface area contributed by atoms with Gasteiger partial charge in [-0.05, 0) is 66.2 Å². The van der Waals surface area contributed by atoms with Crippen LogP contribution in [0.4, 0.5) is 5.69 Å². The zero-order valence-electron chi connectivity index (χ0n) is 14.3. The van der Waals surface area contributed by atoms with E-state index in [1.165, 1.54) is 12.2 Å². The van der Waals surface area contributed by atoms with Crippen LogP contribution in [0.5, 0.6) is 0 Å². The van der Waals surface area contributed by atoms with Crippen molar-refractivity contribution in [2.24, 2.45) is 0 Å². The molecule has 1 heterocycles. The highest BCUT2D eigenvalue weighted by atomic mass is 79.9. The maximum atomic E-state index is 12.1. The van der Waals surface area contributed by atoms with Crippen molar-refractivity contribution >= 4 is 45.5 Å². The Kier molecular flexibility index (Phi) is 6.18. The van der Waals surface area contributed by atoms with E-state index < -0.39 is 0 Å². The normalized spacial score (nSPS) is 11.1. The van der Waals surface area contributed by atoms with Gasteiger partial charge in [-0.25, -0.2) is 0 Å². The summed E-state index contributed by atoms with van der Waals surface area (Å²) in [6.07, 6.45) is 7.82. The highest BCUT2D eigenvalue weighted by Crippen LogP contribution is 2.14. The topological polar surface area (TPSA) is 59.3 Å². The van der Waals surface area contributed by atoms with E-state index in [0.717, 1.165) is 10.0 Å². The number of amides is 1. The molecule has 0 unspecified atom stereocenters. The summed E-state index contributed by atoms with van der Waals surface area (Å²) in [6, 6.07) is 17.9. The first-order chi connectivity index (χ1) is 13.1. The van der Waals surface area contributed by atoms with Crippen molar-refractivity contribution in [2.45, 2.75) is 0 Å². The minimum absolute atomic E-state index is 0.0667. The standard InChI is InChI=1S/C22H16BrNO3/c23-18-8-6-17(7-9-18)21(25)13-5-16-3-10-19(11-4-16)24-22(26)14-12-20-2-1-15-27-20/h1-15H,(H,24,26)/b13-5+,14-12+. The molecule has 0 saturated carbocycles. The molecule has 0 atom stereocenters. The Labute approximate surface area is 165 Å². The zero-order chi connectivity index (χ0) is 19.1. The molecule has 5 heteroatoms. The van der Waals surface area contributed by atoms with E-state index in [9.17, 15) is 9.59 Å². The van der Waals surface area contributed by atoms with E-state index in [0.29, 0.717) is 17.0 Å². The van der Waals surface area contributed by atoms with E-state index in [2.05, 4.69) is 21.2 Å². The summed E-state index contributed by atoms with van der Waals surface area (Å²) in [4.78, 5) is 24.0. The third-order valence-corrected chi connectivity index (χ3v) is 4.20. The number of ketones is 1. The molecule has 0 radical (unpaired) electrons. The summed E-state index contributed by atoms with van der Waals surface area (Å²) >= 11 is 3.35. The second kappa shape index (κ2) is 8.96. The summed E-state index contributed by atoms with van der Waals surface area (Å²) in [5.41, 5.74) is 2.16. The van der Waals surface area contributed by atoms with Gasteiger partial charge in [0.05, 0.1) is 6.26 Å². The predicted octanol–water partition coefficient (Wildman–Crippen LogP) is 5.59. The largest absolute Gasteiger partial charge is 0.465 e. The lowest BCUT2D eigenvalue weighted by atomic mass is 10.1. The Balaban J connectivity index is 1.57. The minimum Gasteiger partial charge on any atom is -0.465 e. The summed E-state index contributed by atoms with van der Waals surface area (Å²) < 4.78 is 6.06. The van der Waals surface area contributed by atoms with Gasteiger partial charge in [0.15, 0.2) is 5.78 Å². The Hall–Kier alpha value is -3.18. The Bertz CT molecular complexity index is 969. The molecule has 27 heavy (non-hydrogen) atoms. The van der Waals surface area contributed by atoms with Gasteiger partial charge in [-0.3, -0.25) is 9.59 Å². The van der Waals surface area contributed by atoms with Crippen LogP contribution in [0.3, 0.4) is 0 Å². The molecule has 134 valence electrons. The van der Waals surface area contributed by atoms with Crippen LogP contribution in [0.15, 0.2) is 88.0 Å². The third kappa shape index (κ3) is 5.66. The number of halogens is 1. The van der Waals surface area contributed by atoms with Gasteiger partial charge in [-0.1, -0.05) is 34.1 Å². The highest BCUT2D eigenvalue weighted by molar-refractivity contribution is 9.10. The number of anilines is 1. The van der Waals surface area contributed by atoms with Crippen molar-refractivity contribution in [3.05, 3.63) is 100 Å². The van der Waals surface area contributed by atoms with Crippen LogP contribution in [0.1, 0.15) is 21.7 Å². The van der Waals surface area contributed by atoms with Crippen LogP contribution in [0.2, 0.25) is 0 Å². The van der Waals surface area contributed by atoms with Gasteiger partial charge < -0.3 is 9.73 Å². The van der Waals surface area contributed by atoms with Crippen LogP contribution in [0.25, 0.3) is 12.2 Å². The molecule has 1 N–H and O–H groups in total. The predicted molar refractivity (Wildman–Crippen MR) is 110 cm³/mol. The third-order valence-electron chi connectivity index (χ3n) is 3.68. The van der Waals surface area contributed by atoms with Crippen molar-refractivity contribution in [3.63, 3.8) is 0 Å². The van der Waals surface area contributed by atoms with Crippen molar-refractivity contribution in [1.82, 2.24) is 0 Å². The SMILES string of the molecule is O=C(/C=C/c1ccco1)Nc1ccc(/C=C/C(=O)c2ccc(Br)cc2)cc1. The molecule has 1 amide bonds. The van der Waals surface area contributed by atoms with E-state index in [4.69, 9.17) is 4.42 Å². The molecule has 0 aliphatic heterocycles. The van der Waals surface area contributed by atoms with E-state index in [-0.39, 0.29) is 11.7 Å². The second-order valence-electron chi connectivity index (χ2n) is 5.66. The minimum atomic E-state index is -0.250. The average Bonchev–Trinajstić information content (AvgIpc) is 3.20. The number of carbonyl (C=O) groups excluding carboxylic acids is 2. The van der Waals surface area contributed by atoms with Gasteiger partial charge in [0, 0.05) is 21.8 Å². The fraction of sp³-hybridized carbons (Fsp3) is 0. The number of rotatable bonds is 6. The van der Waals surface area contributed by atoms with E-state index in [1.54, 1.807) is 54.8 Å². The lowest BCUT2D eigenvalue weighted by molar-refractivity contribution is -0.111. The summed E-state index contributed by atoms with van der Waals surface area (Å²) in [5, 5.41) is 2.76. The van der Waals surface area contributed by atoms with Crippen molar-refractivity contribution in [3.8, 4) is 0 Å². The molecule has 0 bridgehead atoms. The molecule has 2 aromatic carbocycles. The molecule has 1 aromatic heterocycles. The molecule has 3 aromatic rings. The molecule has 0 saturated heterocycles. The molecule has 3 rings (SSSR count). The molecule has 0 fully saturated rings. The number of hydrogen-bond acceptors (Lipinski definition) is 3. The Morgan fingerprint density at radius 1 is 0.889 bits per heavy atom. The van der Waals surface area contributed by atoms with Crippen LogP contribution in [0, 0.1) is 0 Å². The number of carbonyl (C=O) groups is 2. The number of hydrogen-bond donors (Lipinski definition) is 1. The summed E-state index contributed by atoms with van der Waals surface area (Å²) in [6.45, 7) is 0. The van der Waals surface area contributed by atoms with Gasteiger partial charge in [0.1, 0.15) is 5.76 Å². The maximum absolute atomic E-state index is 12.1. The Morgan fingerprint density at radius 3 is 2.30 bits per heavy atom. The molecular formula is C22H16BrNO3. The van der Waals surface area contributed by atoms with E-state index >= 15 is 0 Å². The van der Waals surface area contributed by atoms with Gasteiger partial charge in [0.2, 0.25) is 5.91 Å². The summed E-state index contributed by atoms with van der Waals surface area (Å²) in [7, 11) is 0. The quantitative estimate of drug-likeness (QED) is 0.416. The van der Waals surface area contributed by atoms with E-state index in [1.807, 2.05) is 24.3 Å². The van der Waals surface area contributed by atoms with Crippen molar-refractivity contribution in [2.75, 3.05) is 5.32 Å². The van der Waals surface area contributed by atoms with Gasteiger partial charge in [-0.2, -0.15) is 0 Å². The molecule has 0 aliphatic carbocycles. The first-order valence-electron chi connectivity index (χ1n) is 8.21. The fourth-order valence-corrected chi connectivity index (χ4v) is 2.55. The average molecular weight is 422 g/mol. The number of allylic oxidation sites excluding steroid dienone is 1. The summed E-state index contributed by atoms with van der Waals surface area (Å²) in [5.74, 6) is 0.295. The monoisotopic (exact) mass is 421 g/mol. The maximum Gasteiger partial charge on any atom is 0.248 e. The van der Waals surface area contributed by atoms with Gasteiger partial charge in [0.25, 0.3) is 0 Å². The first kappa shape index (κ1) is 18.6. The highest BCUT2D eigenvalue weighted by Gasteiger charge is 2.02. The second-order valence-corrected chi connectivity index (χ2v) is 6.58. The van der Waals surface area contributed by atoms with Crippen LogP contribution < -0.4 is 5.32 Å². The van der Waals surface area contributed by atoms with Crippen molar-refractivity contribution < 1.29 is 14.0 Å². The van der Waals surface area contributed by atoms with Crippen molar-refractivity contribution in [1.29, 1.82) is 0 Å². The number of benzene rings is 2. The molecular weight excluding hydrogens is 406 g/mol. The van der Waals surface area contributed by atoms with Gasteiger partial charge >= 0.3 is 0 Å². The fourth-order valence-electron chi connectivity index (χ4n) is 2.29. The molecule has 4 nitrogen and oxygen atoms in total. The van der Waals surface area contributed by atoms with Crippen LogP contribution in [-0.2, 0) is 4.79 Å². The number of nitrogens with one attached hydrogen (secondary N) is 1. The smallest absolute Gasteiger partial charge is 0.248 e. The number of furan rings is 1. The molecule has 0 spiro atoms. The lowest BCUT2D eigenvalue weighted by Gasteiger charge is -2.02. The van der Waals surface area contributed by atoms with Crippen LogP contribution in [-0.4, -0.2) is 11.7 Å².